The molecule has 5 nitrogen and oxygen atoms in total. The van der Waals surface area contributed by atoms with E-state index in [2.05, 4.69) is 18.7 Å². The van der Waals surface area contributed by atoms with Gasteiger partial charge in [-0.3, -0.25) is 9.69 Å². The highest BCUT2D eigenvalue weighted by Crippen LogP contribution is 2.21. The normalized spacial score (nSPS) is 22.6. The number of primary amides is 1. The molecule has 1 aliphatic rings. The molecule has 0 aromatic heterocycles. The molecule has 1 amide bonds. The van der Waals surface area contributed by atoms with E-state index in [4.69, 9.17) is 16.2 Å². The molecule has 17 heavy (non-hydrogen) atoms. The molecule has 1 unspecified atom stereocenters. The molecule has 0 saturated carbocycles. The molecule has 4 N–H and O–H groups in total. The molecule has 1 aliphatic heterocycles. The highest BCUT2D eigenvalue weighted by atomic mass is 16.5. The minimum Gasteiger partial charge on any atom is -0.378 e. The Morgan fingerprint density at radius 3 is 2.82 bits per heavy atom. The van der Waals surface area contributed by atoms with Gasteiger partial charge in [0.2, 0.25) is 5.91 Å². The summed E-state index contributed by atoms with van der Waals surface area (Å²) in [5.74, 6) is -0.289. The van der Waals surface area contributed by atoms with Crippen molar-refractivity contribution >= 4 is 5.91 Å². The lowest BCUT2D eigenvalue weighted by molar-refractivity contribution is -0.129. The van der Waals surface area contributed by atoms with Crippen LogP contribution in [-0.4, -0.2) is 49.7 Å². The molecule has 0 spiro atoms. The molecule has 0 aromatic carbocycles. The minimum absolute atomic E-state index is 0.175. The zero-order valence-corrected chi connectivity index (χ0v) is 10.9. The van der Waals surface area contributed by atoms with E-state index < -0.39 is 0 Å². The summed E-state index contributed by atoms with van der Waals surface area (Å²) < 4.78 is 5.28. The summed E-state index contributed by atoms with van der Waals surface area (Å²) in [5.41, 5.74) is 11.2. The number of ether oxygens (including phenoxy) is 1. The standard InChI is InChI=1S/C12H25N3O2/c1-12(2,9-13)4-3-5-15-6-7-17-8-10(15)11(14)16/h10H,3-9,13H2,1-2H3,(H2,14,16). The third-order valence-corrected chi connectivity index (χ3v) is 3.42. The first-order valence-corrected chi connectivity index (χ1v) is 6.27. The highest BCUT2D eigenvalue weighted by Gasteiger charge is 2.27. The van der Waals surface area contributed by atoms with Gasteiger partial charge < -0.3 is 16.2 Å². The molecule has 100 valence electrons. The van der Waals surface area contributed by atoms with Crippen LogP contribution in [0.1, 0.15) is 26.7 Å². The summed E-state index contributed by atoms with van der Waals surface area (Å²) in [5, 5.41) is 0. The van der Waals surface area contributed by atoms with Crippen molar-refractivity contribution in [3.63, 3.8) is 0 Å². The van der Waals surface area contributed by atoms with Gasteiger partial charge in [-0.25, -0.2) is 0 Å². The Labute approximate surface area is 103 Å². The second-order valence-electron chi connectivity index (χ2n) is 5.50. The third-order valence-electron chi connectivity index (χ3n) is 3.42. The maximum absolute atomic E-state index is 11.3. The Bertz CT molecular complexity index is 256. The minimum atomic E-state index is -0.289. The van der Waals surface area contributed by atoms with Crippen molar-refractivity contribution in [3.05, 3.63) is 0 Å². The number of hydrogen-bond donors (Lipinski definition) is 2. The fourth-order valence-corrected chi connectivity index (χ4v) is 2.03. The van der Waals surface area contributed by atoms with E-state index in [1.54, 1.807) is 0 Å². The zero-order valence-electron chi connectivity index (χ0n) is 10.9. The van der Waals surface area contributed by atoms with Crippen LogP contribution in [-0.2, 0) is 9.53 Å². The van der Waals surface area contributed by atoms with E-state index >= 15 is 0 Å². The van der Waals surface area contributed by atoms with Crippen LogP contribution in [0.4, 0.5) is 0 Å². The number of nitrogens with zero attached hydrogens (tertiary/aromatic N) is 1. The predicted molar refractivity (Wildman–Crippen MR) is 67.4 cm³/mol. The van der Waals surface area contributed by atoms with Crippen molar-refractivity contribution in [2.45, 2.75) is 32.7 Å². The molecule has 1 atom stereocenters. The van der Waals surface area contributed by atoms with Crippen molar-refractivity contribution in [1.29, 1.82) is 0 Å². The largest absolute Gasteiger partial charge is 0.378 e. The Morgan fingerprint density at radius 1 is 1.53 bits per heavy atom. The number of amides is 1. The Balaban J connectivity index is 2.36. The average molecular weight is 243 g/mol. The van der Waals surface area contributed by atoms with Gasteiger partial charge in [0.1, 0.15) is 6.04 Å². The lowest BCUT2D eigenvalue weighted by Crippen LogP contribution is -2.52. The average Bonchev–Trinajstić information content (AvgIpc) is 2.29. The fourth-order valence-electron chi connectivity index (χ4n) is 2.03. The van der Waals surface area contributed by atoms with Gasteiger partial charge in [0, 0.05) is 6.54 Å². The zero-order chi connectivity index (χ0) is 12.9. The van der Waals surface area contributed by atoms with Gasteiger partial charge in [0.15, 0.2) is 0 Å². The summed E-state index contributed by atoms with van der Waals surface area (Å²) in [4.78, 5) is 13.4. The van der Waals surface area contributed by atoms with Gasteiger partial charge >= 0.3 is 0 Å². The van der Waals surface area contributed by atoms with E-state index in [1.165, 1.54) is 0 Å². The van der Waals surface area contributed by atoms with Crippen molar-refractivity contribution < 1.29 is 9.53 Å². The number of morpholine rings is 1. The quantitative estimate of drug-likeness (QED) is 0.684. The van der Waals surface area contributed by atoms with Gasteiger partial charge in [-0.05, 0) is 31.3 Å². The fraction of sp³-hybridized carbons (Fsp3) is 0.917. The molecule has 1 rings (SSSR count). The number of hydrogen-bond acceptors (Lipinski definition) is 4. The van der Waals surface area contributed by atoms with E-state index in [1.807, 2.05) is 0 Å². The topological polar surface area (TPSA) is 81.6 Å². The predicted octanol–water partition coefficient (Wildman–Crippen LogP) is -0.0624. The Hall–Kier alpha value is -0.650. The number of rotatable bonds is 6. The molecular formula is C12H25N3O2. The summed E-state index contributed by atoms with van der Waals surface area (Å²) in [6.45, 7) is 7.81. The van der Waals surface area contributed by atoms with Gasteiger partial charge in [0.05, 0.1) is 13.2 Å². The second kappa shape index (κ2) is 6.33. The van der Waals surface area contributed by atoms with Crippen LogP contribution in [0.2, 0.25) is 0 Å². The van der Waals surface area contributed by atoms with Crippen molar-refractivity contribution in [2.24, 2.45) is 16.9 Å². The maximum Gasteiger partial charge on any atom is 0.237 e. The van der Waals surface area contributed by atoms with E-state index in [9.17, 15) is 4.79 Å². The van der Waals surface area contributed by atoms with E-state index in [0.29, 0.717) is 19.8 Å². The Morgan fingerprint density at radius 2 is 2.24 bits per heavy atom. The molecule has 0 bridgehead atoms. The number of nitrogens with two attached hydrogens (primary N) is 2. The van der Waals surface area contributed by atoms with Gasteiger partial charge in [-0.2, -0.15) is 0 Å². The molecule has 1 saturated heterocycles. The monoisotopic (exact) mass is 243 g/mol. The highest BCUT2D eigenvalue weighted by molar-refractivity contribution is 5.80. The maximum atomic E-state index is 11.3. The summed E-state index contributed by atoms with van der Waals surface area (Å²) in [6, 6.07) is -0.260. The molecule has 1 fully saturated rings. The molecular weight excluding hydrogens is 218 g/mol. The summed E-state index contributed by atoms with van der Waals surface area (Å²) in [6.07, 6.45) is 2.10. The first kappa shape index (κ1) is 14.4. The number of carbonyl (C=O) groups excluding carboxylic acids is 1. The second-order valence-corrected chi connectivity index (χ2v) is 5.50. The lowest BCUT2D eigenvalue weighted by Gasteiger charge is -2.34. The lowest BCUT2D eigenvalue weighted by atomic mass is 9.88. The van der Waals surface area contributed by atoms with Crippen LogP contribution in [0.25, 0.3) is 0 Å². The van der Waals surface area contributed by atoms with Crippen LogP contribution >= 0.6 is 0 Å². The van der Waals surface area contributed by atoms with Crippen LogP contribution in [0, 0.1) is 5.41 Å². The van der Waals surface area contributed by atoms with Crippen LogP contribution in [0.15, 0.2) is 0 Å². The number of carbonyl (C=O) groups is 1. The van der Waals surface area contributed by atoms with Crippen LogP contribution in [0.5, 0.6) is 0 Å². The van der Waals surface area contributed by atoms with Crippen LogP contribution < -0.4 is 11.5 Å². The van der Waals surface area contributed by atoms with Crippen molar-refractivity contribution in [3.8, 4) is 0 Å². The van der Waals surface area contributed by atoms with Gasteiger partial charge in [-0.1, -0.05) is 13.8 Å². The van der Waals surface area contributed by atoms with Crippen LogP contribution in [0.3, 0.4) is 0 Å². The van der Waals surface area contributed by atoms with Crippen molar-refractivity contribution in [1.82, 2.24) is 4.90 Å². The summed E-state index contributed by atoms with van der Waals surface area (Å²) in [7, 11) is 0. The third kappa shape index (κ3) is 4.61. The molecule has 0 radical (unpaired) electrons. The van der Waals surface area contributed by atoms with Gasteiger partial charge in [-0.15, -0.1) is 0 Å². The molecule has 1 heterocycles. The molecule has 0 aromatic rings. The first-order valence-electron chi connectivity index (χ1n) is 6.27. The molecule has 5 heteroatoms. The Kier molecular flexibility index (Phi) is 5.36. The molecule has 0 aliphatic carbocycles. The van der Waals surface area contributed by atoms with Gasteiger partial charge in [0.25, 0.3) is 0 Å². The van der Waals surface area contributed by atoms with E-state index in [0.717, 1.165) is 25.9 Å². The smallest absolute Gasteiger partial charge is 0.237 e. The summed E-state index contributed by atoms with van der Waals surface area (Å²) >= 11 is 0. The van der Waals surface area contributed by atoms with Crippen molar-refractivity contribution in [2.75, 3.05) is 32.8 Å². The first-order chi connectivity index (χ1) is 7.96. The van der Waals surface area contributed by atoms with E-state index in [-0.39, 0.29) is 17.4 Å². The SMILES string of the molecule is CC(C)(CN)CCCN1CCOCC1C(N)=O.